The van der Waals surface area contributed by atoms with E-state index in [1.807, 2.05) is 38.1 Å². The van der Waals surface area contributed by atoms with Gasteiger partial charge in [-0.25, -0.2) is 0 Å². The van der Waals surface area contributed by atoms with Crippen LogP contribution in [0.4, 0.5) is 0 Å². The van der Waals surface area contributed by atoms with E-state index in [0.717, 1.165) is 37.6 Å². The first kappa shape index (κ1) is 15.3. The molecule has 2 rings (SSSR count). The monoisotopic (exact) mass is 278 g/mol. The van der Waals surface area contributed by atoms with E-state index < -0.39 is 0 Å². The molecule has 0 radical (unpaired) electrons. The van der Waals surface area contributed by atoms with Crippen molar-refractivity contribution >= 4 is 0 Å². The van der Waals surface area contributed by atoms with Crippen molar-refractivity contribution in [3.05, 3.63) is 29.8 Å². The van der Waals surface area contributed by atoms with Crippen molar-refractivity contribution in [2.24, 2.45) is 5.73 Å². The zero-order chi connectivity index (χ0) is 14.5. The molecule has 1 heterocycles. The Labute approximate surface area is 121 Å². The van der Waals surface area contributed by atoms with Crippen LogP contribution in [0.5, 0.6) is 5.75 Å². The summed E-state index contributed by atoms with van der Waals surface area (Å²) >= 11 is 0. The fourth-order valence-corrected chi connectivity index (χ4v) is 2.52. The topological polar surface area (TPSA) is 47.7 Å². The van der Waals surface area contributed by atoms with Gasteiger partial charge in [0.05, 0.1) is 24.9 Å². The Morgan fingerprint density at radius 2 is 2.25 bits per heavy atom. The highest BCUT2D eigenvalue weighted by Gasteiger charge is 2.26. The number of nitrogens with two attached hydrogens (primary N) is 1. The summed E-state index contributed by atoms with van der Waals surface area (Å²) in [6.45, 7) is 9.91. The third-order valence-corrected chi connectivity index (χ3v) is 3.64. The normalized spacial score (nSPS) is 21.9. The molecule has 112 valence electrons. The number of morpholine rings is 1. The van der Waals surface area contributed by atoms with E-state index in [1.165, 1.54) is 0 Å². The minimum Gasteiger partial charge on any atom is -0.491 e. The molecular weight excluding hydrogens is 252 g/mol. The zero-order valence-electron chi connectivity index (χ0n) is 12.7. The predicted octanol–water partition coefficient (Wildman–Crippen LogP) is 2.19. The Hall–Kier alpha value is -1.10. The molecule has 1 fully saturated rings. The number of rotatable bonds is 5. The van der Waals surface area contributed by atoms with Crippen LogP contribution in [0.1, 0.15) is 32.4 Å². The molecular formula is C16H26N2O2. The van der Waals surface area contributed by atoms with Crippen LogP contribution in [-0.4, -0.2) is 43.3 Å². The van der Waals surface area contributed by atoms with Gasteiger partial charge in [0.2, 0.25) is 0 Å². The third-order valence-electron chi connectivity index (χ3n) is 3.64. The average molecular weight is 278 g/mol. The van der Waals surface area contributed by atoms with E-state index in [0.29, 0.717) is 0 Å². The first-order chi connectivity index (χ1) is 9.60. The van der Waals surface area contributed by atoms with Crippen LogP contribution >= 0.6 is 0 Å². The molecule has 4 heteroatoms. The molecule has 0 saturated carbocycles. The van der Waals surface area contributed by atoms with Crippen LogP contribution in [-0.2, 0) is 4.74 Å². The Balaban J connectivity index is 2.06. The van der Waals surface area contributed by atoms with Crippen LogP contribution in [0.3, 0.4) is 0 Å². The maximum Gasteiger partial charge on any atom is 0.120 e. The Bertz CT molecular complexity index is 423. The molecule has 1 saturated heterocycles. The molecule has 1 aliphatic heterocycles. The lowest BCUT2D eigenvalue weighted by Crippen LogP contribution is -2.46. The van der Waals surface area contributed by atoms with Gasteiger partial charge in [0.25, 0.3) is 0 Å². The van der Waals surface area contributed by atoms with Crippen LogP contribution < -0.4 is 10.5 Å². The summed E-state index contributed by atoms with van der Waals surface area (Å²) in [6, 6.07) is 7.93. The minimum atomic E-state index is -0.111. The highest BCUT2D eigenvalue weighted by Crippen LogP contribution is 2.24. The lowest BCUT2D eigenvalue weighted by Gasteiger charge is -2.35. The Kier molecular flexibility index (Phi) is 5.40. The molecule has 4 nitrogen and oxygen atoms in total. The van der Waals surface area contributed by atoms with Crippen LogP contribution in [0.15, 0.2) is 24.3 Å². The fourth-order valence-electron chi connectivity index (χ4n) is 2.52. The lowest BCUT2D eigenvalue weighted by molar-refractivity contribution is -0.0393. The van der Waals surface area contributed by atoms with Crippen molar-refractivity contribution in [3.8, 4) is 5.75 Å². The highest BCUT2D eigenvalue weighted by atomic mass is 16.5. The van der Waals surface area contributed by atoms with Crippen LogP contribution in [0, 0.1) is 0 Å². The Morgan fingerprint density at radius 1 is 1.45 bits per heavy atom. The van der Waals surface area contributed by atoms with Crippen molar-refractivity contribution in [3.63, 3.8) is 0 Å². The van der Waals surface area contributed by atoms with Crippen molar-refractivity contribution in [2.45, 2.75) is 39.0 Å². The maximum atomic E-state index is 6.38. The van der Waals surface area contributed by atoms with Gasteiger partial charge in [-0.2, -0.15) is 0 Å². The van der Waals surface area contributed by atoms with Gasteiger partial charge in [0, 0.05) is 13.1 Å². The summed E-state index contributed by atoms with van der Waals surface area (Å²) in [5.74, 6) is 0.871. The van der Waals surface area contributed by atoms with Gasteiger partial charge in [-0.15, -0.1) is 0 Å². The second-order valence-corrected chi connectivity index (χ2v) is 5.57. The Morgan fingerprint density at radius 3 is 2.95 bits per heavy atom. The van der Waals surface area contributed by atoms with E-state index in [9.17, 15) is 0 Å². The molecule has 0 bridgehead atoms. The first-order valence-electron chi connectivity index (χ1n) is 7.46. The molecule has 1 aromatic rings. The molecule has 20 heavy (non-hydrogen) atoms. The largest absolute Gasteiger partial charge is 0.491 e. The summed E-state index contributed by atoms with van der Waals surface area (Å²) in [7, 11) is 0. The number of benzene rings is 1. The quantitative estimate of drug-likeness (QED) is 0.897. The fraction of sp³-hybridized carbons (Fsp3) is 0.625. The van der Waals surface area contributed by atoms with Gasteiger partial charge in [0.1, 0.15) is 5.75 Å². The van der Waals surface area contributed by atoms with E-state index in [1.54, 1.807) is 0 Å². The molecule has 0 spiro atoms. The average Bonchev–Trinajstić information content (AvgIpc) is 2.46. The van der Waals surface area contributed by atoms with E-state index in [2.05, 4.69) is 11.8 Å². The number of nitrogens with zero attached hydrogens (tertiary/aromatic N) is 1. The predicted molar refractivity (Wildman–Crippen MR) is 81.0 cm³/mol. The van der Waals surface area contributed by atoms with Crippen molar-refractivity contribution in [2.75, 3.05) is 26.2 Å². The summed E-state index contributed by atoms with van der Waals surface area (Å²) in [6.07, 6.45) is 0.223. The molecule has 2 N–H and O–H groups in total. The number of hydrogen-bond acceptors (Lipinski definition) is 4. The number of hydrogen-bond donors (Lipinski definition) is 1. The maximum absolute atomic E-state index is 6.38. The highest BCUT2D eigenvalue weighted by molar-refractivity contribution is 5.31. The molecule has 1 aromatic carbocycles. The van der Waals surface area contributed by atoms with E-state index in [4.69, 9.17) is 15.2 Å². The molecule has 0 aromatic heterocycles. The molecule has 0 aliphatic carbocycles. The standard InChI is InChI=1S/C16H26N2O2/c1-4-18-8-9-19-15(11-18)16(17)13-6-5-7-14(10-13)20-12(2)3/h5-7,10,12,15-16H,4,8-9,11,17H2,1-3H3. The number of ether oxygens (including phenoxy) is 2. The molecule has 2 atom stereocenters. The van der Waals surface area contributed by atoms with Crippen molar-refractivity contribution < 1.29 is 9.47 Å². The van der Waals surface area contributed by atoms with Gasteiger partial charge in [-0.1, -0.05) is 19.1 Å². The molecule has 1 aliphatic rings. The van der Waals surface area contributed by atoms with E-state index in [-0.39, 0.29) is 18.2 Å². The van der Waals surface area contributed by atoms with Gasteiger partial charge in [-0.05, 0) is 38.1 Å². The SMILES string of the molecule is CCN1CCOC(C(N)c2cccc(OC(C)C)c2)C1. The van der Waals surface area contributed by atoms with Crippen molar-refractivity contribution in [1.82, 2.24) is 4.90 Å². The molecule has 2 unspecified atom stereocenters. The summed E-state index contributed by atoms with van der Waals surface area (Å²) in [4.78, 5) is 2.38. The van der Waals surface area contributed by atoms with Gasteiger partial charge >= 0.3 is 0 Å². The summed E-state index contributed by atoms with van der Waals surface area (Å²) < 4.78 is 11.6. The molecule has 0 amide bonds. The second-order valence-electron chi connectivity index (χ2n) is 5.57. The minimum absolute atomic E-state index is 0.0537. The second kappa shape index (κ2) is 7.07. The summed E-state index contributed by atoms with van der Waals surface area (Å²) in [5, 5.41) is 0. The first-order valence-corrected chi connectivity index (χ1v) is 7.46. The zero-order valence-corrected chi connectivity index (χ0v) is 12.7. The third kappa shape index (κ3) is 3.95. The van der Waals surface area contributed by atoms with Crippen LogP contribution in [0.25, 0.3) is 0 Å². The van der Waals surface area contributed by atoms with E-state index >= 15 is 0 Å². The van der Waals surface area contributed by atoms with Gasteiger partial charge < -0.3 is 15.2 Å². The van der Waals surface area contributed by atoms with Gasteiger partial charge in [-0.3, -0.25) is 4.90 Å². The summed E-state index contributed by atoms with van der Waals surface area (Å²) in [5.41, 5.74) is 7.45. The van der Waals surface area contributed by atoms with Crippen LogP contribution in [0.2, 0.25) is 0 Å². The smallest absolute Gasteiger partial charge is 0.120 e. The lowest BCUT2D eigenvalue weighted by atomic mass is 10.0. The van der Waals surface area contributed by atoms with Crippen molar-refractivity contribution in [1.29, 1.82) is 0 Å². The van der Waals surface area contributed by atoms with Gasteiger partial charge in [0.15, 0.2) is 0 Å². The number of likely N-dealkylation sites (N-methyl/N-ethyl adjacent to an activating group) is 1.